The van der Waals surface area contributed by atoms with Crippen LogP contribution in [0.15, 0.2) is 41.5 Å². The van der Waals surface area contributed by atoms with Crippen LogP contribution in [-0.2, 0) is 19.0 Å². The largest absolute Gasteiger partial charge is 0.356 e. The highest BCUT2D eigenvalue weighted by molar-refractivity contribution is 6.30. The highest BCUT2D eigenvalue weighted by atomic mass is 35.5. The lowest BCUT2D eigenvalue weighted by atomic mass is 9.79. The monoisotopic (exact) mass is 359 g/mol. The number of rotatable bonds is 5. The topological polar surface area (TPSA) is 54.2 Å². The summed E-state index contributed by atoms with van der Waals surface area (Å²) in [5.74, 6) is 0.814. The lowest BCUT2D eigenvalue weighted by Crippen LogP contribution is -2.44. The van der Waals surface area contributed by atoms with Crippen LogP contribution < -0.4 is 10.6 Å². The third kappa shape index (κ3) is 4.15. The average Bonchev–Trinajstić information content (AvgIpc) is 3.25. The second-order valence-corrected chi connectivity index (χ2v) is 7.16. The molecule has 0 bridgehead atoms. The molecule has 1 heterocycles. The Morgan fingerprint density at radius 1 is 1.28 bits per heavy atom. The molecule has 0 atom stereocenters. The summed E-state index contributed by atoms with van der Waals surface area (Å²) >= 11 is 6.23. The first-order valence-electron chi connectivity index (χ1n) is 8.80. The second-order valence-electron chi connectivity index (χ2n) is 6.72. The highest BCUT2D eigenvalue weighted by Gasteiger charge is 2.35. The van der Waals surface area contributed by atoms with Crippen LogP contribution in [0, 0.1) is 0 Å². The minimum Gasteiger partial charge on any atom is -0.356 e. The van der Waals surface area contributed by atoms with E-state index in [0.717, 1.165) is 23.2 Å². The zero-order valence-electron chi connectivity index (χ0n) is 14.9. The van der Waals surface area contributed by atoms with Crippen molar-refractivity contribution >= 4 is 17.6 Å². The average molecular weight is 360 g/mol. The van der Waals surface area contributed by atoms with Gasteiger partial charge in [-0.1, -0.05) is 36.6 Å². The van der Waals surface area contributed by atoms with Crippen LogP contribution in [0.3, 0.4) is 0 Å². The van der Waals surface area contributed by atoms with Crippen molar-refractivity contribution in [2.45, 2.75) is 37.6 Å². The SMILES string of the molecule is CN=C(NCc1ccnn1C)NCC1(c2cccc(Cl)c2)CCCC1. The van der Waals surface area contributed by atoms with Crippen molar-refractivity contribution in [1.82, 2.24) is 20.4 Å². The van der Waals surface area contributed by atoms with Crippen LogP contribution in [0.2, 0.25) is 5.02 Å². The molecule has 1 aromatic heterocycles. The Morgan fingerprint density at radius 3 is 2.72 bits per heavy atom. The van der Waals surface area contributed by atoms with E-state index in [2.05, 4.69) is 32.9 Å². The number of aromatic nitrogens is 2. The van der Waals surface area contributed by atoms with Crippen LogP contribution >= 0.6 is 11.6 Å². The van der Waals surface area contributed by atoms with Crippen molar-refractivity contribution in [3.63, 3.8) is 0 Å². The molecule has 0 saturated heterocycles. The number of halogens is 1. The van der Waals surface area contributed by atoms with Gasteiger partial charge in [-0.3, -0.25) is 9.67 Å². The summed E-state index contributed by atoms with van der Waals surface area (Å²) < 4.78 is 1.87. The minimum atomic E-state index is 0.134. The van der Waals surface area contributed by atoms with Crippen LogP contribution in [0.1, 0.15) is 36.9 Å². The zero-order valence-corrected chi connectivity index (χ0v) is 15.7. The van der Waals surface area contributed by atoms with E-state index < -0.39 is 0 Å². The van der Waals surface area contributed by atoms with E-state index in [-0.39, 0.29) is 5.41 Å². The molecule has 1 saturated carbocycles. The number of aliphatic imine (C=N–C) groups is 1. The summed E-state index contributed by atoms with van der Waals surface area (Å²) in [7, 11) is 3.75. The molecule has 5 nitrogen and oxygen atoms in total. The smallest absolute Gasteiger partial charge is 0.191 e. The Hall–Kier alpha value is -2.01. The summed E-state index contributed by atoms with van der Waals surface area (Å²) in [6.45, 7) is 1.55. The molecule has 0 spiro atoms. The van der Waals surface area contributed by atoms with Crippen molar-refractivity contribution in [3.05, 3.63) is 52.8 Å². The van der Waals surface area contributed by atoms with E-state index in [1.807, 2.05) is 29.9 Å². The van der Waals surface area contributed by atoms with E-state index >= 15 is 0 Å². The van der Waals surface area contributed by atoms with Gasteiger partial charge in [-0.05, 0) is 36.6 Å². The number of benzene rings is 1. The molecule has 0 unspecified atom stereocenters. The molecule has 134 valence electrons. The van der Waals surface area contributed by atoms with Gasteiger partial charge in [0.2, 0.25) is 0 Å². The maximum Gasteiger partial charge on any atom is 0.191 e. The third-order valence-electron chi connectivity index (χ3n) is 5.17. The summed E-state index contributed by atoms with van der Waals surface area (Å²) in [5, 5.41) is 11.9. The molecule has 1 aliphatic carbocycles. The van der Waals surface area contributed by atoms with Crippen molar-refractivity contribution in [2.75, 3.05) is 13.6 Å². The number of nitrogens with one attached hydrogen (secondary N) is 2. The predicted molar refractivity (Wildman–Crippen MR) is 103 cm³/mol. The van der Waals surface area contributed by atoms with Crippen molar-refractivity contribution in [2.24, 2.45) is 12.0 Å². The lowest BCUT2D eigenvalue weighted by molar-refractivity contribution is 0.431. The Labute approximate surface area is 154 Å². The predicted octanol–water partition coefficient (Wildman–Crippen LogP) is 3.25. The van der Waals surface area contributed by atoms with Gasteiger partial charge in [0.05, 0.1) is 12.2 Å². The molecule has 1 fully saturated rings. The number of aryl methyl sites for hydroxylation is 1. The van der Waals surface area contributed by atoms with Crippen molar-refractivity contribution in [3.8, 4) is 0 Å². The summed E-state index contributed by atoms with van der Waals surface area (Å²) in [6.07, 6.45) is 6.68. The quantitative estimate of drug-likeness (QED) is 0.636. The van der Waals surface area contributed by atoms with Crippen LogP contribution in [0.5, 0.6) is 0 Å². The van der Waals surface area contributed by atoms with Gasteiger partial charge < -0.3 is 10.6 Å². The first-order valence-corrected chi connectivity index (χ1v) is 9.18. The lowest BCUT2D eigenvalue weighted by Gasteiger charge is -2.31. The molecule has 1 aliphatic rings. The Morgan fingerprint density at radius 2 is 2.08 bits per heavy atom. The number of hydrogen-bond donors (Lipinski definition) is 2. The molecule has 2 N–H and O–H groups in total. The Kier molecular flexibility index (Phi) is 5.63. The fourth-order valence-electron chi connectivity index (χ4n) is 3.66. The van der Waals surface area contributed by atoms with E-state index in [9.17, 15) is 0 Å². The number of hydrogen-bond acceptors (Lipinski definition) is 2. The Bertz CT molecular complexity index is 731. The molecular weight excluding hydrogens is 334 g/mol. The summed E-state index contributed by atoms with van der Waals surface area (Å²) in [4.78, 5) is 4.36. The third-order valence-corrected chi connectivity index (χ3v) is 5.41. The Balaban J connectivity index is 1.65. The standard InChI is InChI=1S/C19H26ClN5/c1-21-18(22-13-17-8-11-24-25(17)2)23-14-19(9-3-4-10-19)15-6-5-7-16(20)12-15/h5-8,11-12H,3-4,9-10,13-14H2,1-2H3,(H2,21,22,23). The van der Waals surface area contributed by atoms with Crippen LogP contribution in [0.4, 0.5) is 0 Å². The van der Waals surface area contributed by atoms with Gasteiger partial charge in [0, 0.05) is 37.3 Å². The molecule has 2 aromatic rings. The van der Waals surface area contributed by atoms with Crippen LogP contribution in [-0.4, -0.2) is 29.3 Å². The maximum atomic E-state index is 6.23. The van der Waals surface area contributed by atoms with E-state index in [1.54, 1.807) is 13.2 Å². The molecule has 1 aromatic carbocycles. The highest BCUT2D eigenvalue weighted by Crippen LogP contribution is 2.41. The van der Waals surface area contributed by atoms with E-state index in [1.165, 1.54) is 31.2 Å². The fraction of sp³-hybridized carbons (Fsp3) is 0.474. The maximum absolute atomic E-state index is 6.23. The van der Waals surface area contributed by atoms with Crippen LogP contribution in [0.25, 0.3) is 0 Å². The first-order chi connectivity index (χ1) is 12.1. The van der Waals surface area contributed by atoms with Crippen molar-refractivity contribution in [1.29, 1.82) is 0 Å². The zero-order chi connectivity index (χ0) is 17.7. The van der Waals surface area contributed by atoms with Gasteiger partial charge in [0.1, 0.15) is 0 Å². The van der Waals surface area contributed by atoms with E-state index in [4.69, 9.17) is 11.6 Å². The second kappa shape index (κ2) is 7.91. The fourth-order valence-corrected chi connectivity index (χ4v) is 3.85. The number of guanidine groups is 1. The van der Waals surface area contributed by atoms with Gasteiger partial charge in [-0.25, -0.2) is 0 Å². The number of nitrogens with zero attached hydrogens (tertiary/aromatic N) is 3. The minimum absolute atomic E-state index is 0.134. The molecule has 0 radical (unpaired) electrons. The van der Waals surface area contributed by atoms with Crippen molar-refractivity contribution < 1.29 is 0 Å². The van der Waals surface area contributed by atoms with Gasteiger partial charge in [0.15, 0.2) is 5.96 Å². The molecule has 0 aliphatic heterocycles. The van der Waals surface area contributed by atoms with E-state index in [0.29, 0.717) is 6.54 Å². The first kappa shape index (κ1) is 17.8. The normalized spacial score (nSPS) is 16.8. The molecule has 3 rings (SSSR count). The van der Waals surface area contributed by atoms with Gasteiger partial charge in [-0.15, -0.1) is 0 Å². The molecule has 25 heavy (non-hydrogen) atoms. The molecule has 0 amide bonds. The van der Waals surface area contributed by atoms with Gasteiger partial charge in [0.25, 0.3) is 0 Å². The summed E-state index contributed by atoms with van der Waals surface area (Å²) in [5.41, 5.74) is 2.58. The molecule has 6 heteroatoms. The van der Waals surface area contributed by atoms with Gasteiger partial charge in [-0.2, -0.15) is 5.10 Å². The van der Waals surface area contributed by atoms with Gasteiger partial charge >= 0.3 is 0 Å². The summed E-state index contributed by atoms with van der Waals surface area (Å²) in [6, 6.07) is 10.3. The molecular formula is C19H26ClN5.